The molecule has 0 heterocycles. The van der Waals surface area contributed by atoms with Crippen LogP contribution in [0.5, 0.6) is 0 Å². The molecule has 0 radical (unpaired) electrons. The summed E-state index contributed by atoms with van der Waals surface area (Å²) < 4.78 is 39.7. The highest BCUT2D eigenvalue weighted by Gasteiger charge is 2.16. The summed E-state index contributed by atoms with van der Waals surface area (Å²) in [5.41, 5.74) is 0.414. The minimum Gasteiger partial charge on any atom is -0.478 e. The van der Waals surface area contributed by atoms with Crippen molar-refractivity contribution in [3.8, 4) is 0 Å². The van der Waals surface area contributed by atoms with Gasteiger partial charge in [0.2, 0.25) is 0 Å². The van der Waals surface area contributed by atoms with E-state index in [9.17, 15) is 17.6 Å². The van der Waals surface area contributed by atoms with Crippen molar-refractivity contribution >= 4 is 21.7 Å². The molecule has 110 valence electrons. The van der Waals surface area contributed by atoms with E-state index in [1.807, 2.05) is 6.92 Å². The zero-order valence-electron chi connectivity index (χ0n) is 11.0. The second-order valence-corrected chi connectivity index (χ2v) is 6.13. The Balaban J connectivity index is 2.36. The molecule has 0 saturated carbocycles. The number of carboxylic acids is 1. The Bertz CT molecular complexity index is 785. The lowest BCUT2D eigenvalue weighted by Gasteiger charge is -2.09. The summed E-state index contributed by atoms with van der Waals surface area (Å²) in [5.74, 6) is -2.18. The number of carbonyl (C=O) groups is 1. The van der Waals surface area contributed by atoms with Gasteiger partial charge in [-0.05, 0) is 37.3 Å². The molecule has 0 aliphatic carbocycles. The van der Waals surface area contributed by atoms with Crippen molar-refractivity contribution in [2.45, 2.75) is 11.8 Å². The van der Waals surface area contributed by atoms with Gasteiger partial charge in [-0.25, -0.2) is 17.6 Å². The van der Waals surface area contributed by atoms with E-state index >= 15 is 0 Å². The Labute approximate surface area is 121 Å². The topological polar surface area (TPSA) is 83.5 Å². The van der Waals surface area contributed by atoms with Gasteiger partial charge in [0.05, 0.1) is 16.1 Å². The average molecular weight is 309 g/mol. The molecule has 5 nitrogen and oxygen atoms in total. The van der Waals surface area contributed by atoms with Crippen molar-refractivity contribution in [1.82, 2.24) is 0 Å². The number of rotatable bonds is 4. The van der Waals surface area contributed by atoms with Crippen molar-refractivity contribution < 1.29 is 22.7 Å². The number of benzene rings is 2. The maximum atomic E-state index is 13.3. The zero-order valence-corrected chi connectivity index (χ0v) is 11.8. The molecule has 0 bridgehead atoms. The van der Waals surface area contributed by atoms with Gasteiger partial charge in [0.25, 0.3) is 10.0 Å². The summed E-state index contributed by atoms with van der Waals surface area (Å²) in [5, 5.41) is 8.84. The lowest BCUT2D eigenvalue weighted by atomic mass is 10.2. The molecule has 21 heavy (non-hydrogen) atoms. The van der Waals surface area contributed by atoms with E-state index in [1.165, 1.54) is 12.1 Å². The van der Waals surface area contributed by atoms with Gasteiger partial charge in [-0.2, -0.15) is 0 Å². The average Bonchev–Trinajstić information content (AvgIpc) is 2.37. The summed E-state index contributed by atoms with van der Waals surface area (Å²) in [6.45, 7) is 1.82. The Kier molecular flexibility index (Phi) is 3.95. The summed E-state index contributed by atoms with van der Waals surface area (Å²) >= 11 is 0. The molecule has 2 aromatic rings. The summed E-state index contributed by atoms with van der Waals surface area (Å²) in [6.07, 6.45) is 0. The van der Waals surface area contributed by atoms with Gasteiger partial charge >= 0.3 is 5.97 Å². The molecule has 2 aromatic carbocycles. The van der Waals surface area contributed by atoms with E-state index in [4.69, 9.17) is 5.11 Å². The largest absolute Gasteiger partial charge is 0.478 e. The molecular weight excluding hydrogens is 297 g/mol. The Morgan fingerprint density at radius 1 is 1.14 bits per heavy atom. The maximum Gasteiger partial charge on any atom is 0.335 e. The molecule has 2 rings (SSSR count). The molecule has 2 N–H and O–H groups in total. The second-order valence-electron chi connectivity index (χ2n) is 4.45. The van der Waals surface area contributed by atoms with Gasteiger partial charge in [0, 0.05) is 0 Å². The number of carboxylic acid groups (broad SMARTS) is 1. The van der Waals surface area contributed by atoms with Gasteiger partial charge in [-0.1, -0.05) is 17.7 Å². The van der Waals surface area contributed by atoms with Gasteiger partial charge < -0.3 is 5.11 Å². The minimum absolute atomic E-state index is 0.00855. The van der Waals surface area contributed by atoms with Crippen LogP contribution in [0.15, 0.2) is 47.4 Å². The molecule has 0 spiro atoms. The fraction of sp³-hybridized carbons (Fsp3) is 0.0714. The van der Waals surface area contributed by atoms with Gasteiger partial charge in [0.1, 0.15) is 5.82 Å². The van der Waals surface area contributed by atoms with Crippen LogP contribution in [0.2, 0.25) is 0 Å². The van der Waals surface area contributed by atoms with Crippen molar-refractivity contribution in [1.29, 1.82) is 0 Å². The molecule has 0 amide bonds. The van der Waals surface area contributed by atoms with E-state index in [1.54, 1.807) is 12.1 Å². The van der Waals surface area contributed by atoms with Crippen molar-refractivity contribution in [2.24, 2.45) is 0 Å². The quantitative estimate of drug-likeness (QED) is 0.909. The SMILES string of the molecule is Cc1ccc(S(=O)(=O)Nc2cc(F)cc(C(=O)O)c2)cc1. The first-order valence-corrected chi connectivity index (χ1v) is 7.39. The highest BCUT2D eigenvalue weighted by molar-refractivity contribution is 7.92. The predicted octanol–water partition coefficient (Wildman–Crippen LogP) is 2.63. The number of sulfonamides is 1. The Morgan fingerprint density at radius 2 is 1.76 bits per heavy atom. The van der Waals surface area contributed by atoms with Crippen LogP contribution in [0.25, 0.3) is 0 Å². The molecule has 0 unspecified atom stereocenters. The summed E-state index contributed by atoms with van der Waals surface area (Å²) in [7, 11) is -3.90. The minimum atomic E-state index is -3.90. The Hall–Kier alpha value is -2.41. The predicted molar refractivity (Wildman–Crippen MR) is 75.3 cm³/mol. The molecular formula is C14H12FNO4S. The van der Waals surface area contributed by atoms with Gasteiger partial charge in [-0.3, -0.25) is 4.72 Å². The summed E-state index contributed by atoms with van der Waals surface area (Å²) in [4.78, 5) is 10.8. The van der Waals surface area contributed by atoms with E-state index in [0.29, 0.717) is 0 Å². The molecule has 0 fully saturated rings. The standard InChI is InChI=1S/C14H12FNO4S/c1-9-2-4-13(5-3-9)21(19,20)16-12-7-10(14(17)18)6-11(15)8-12/h2-8,16H,1H3,(H,17,18). The van der Waals surface area contributed by atoms with Crippen molar-refractivity contribution in [3.05, 3.63) is 59.4 Å². The lowest BCUT2D eigenvalue weighted by molar-refractivity contribution is 0.0696. The first-order valence-electron chi connectivity index (χ1n) is 5.91. The number of hydrogen-bond donors (Lipinski definition) is 2. The lowest BCUT2D eigenvalue weighted by Crippen LogP contribution is -2.13. The fourth-order valence-corrected chi connectivity index (χ4v) is 2.74. The molecule has 0 saturated heterocycles. The molecule has 0 aliphatic heterocycles. The molecule has 0 aromatic heterocycles. The summed E-state index contributed by atoms with van der Waals surface area (Å²) in [6, 6.07) is 8.86. The highest BCUT2D eigenvalue weighted by atomic mass is 32.2. The third kappa shape index (κ3) is 3.57. The van der Waals surface area contributed by atoms with Crippen LogP contribution in [0.4, 0.5) is 10.1 Å². The van der Waals surface area contributed by atoms with Crippen LogP contribution in [-0.2, 0) is 10.0 Å². The molecule has 0 aliphatic rings. The first-order chi connectivity index (χ1) is 9.78. The van der Waals surface area contributed by atoms with Crippen LogP contribution in [0.1, 0.15) is 15.9 Å². The Morgan fingerprint density at radius 3 is 2.33 bits per heavy atom. The second kappa shape index (κ2) is 5.53. The smallest absolute Gasteiger partial charge is 0.335 e. The van der Waals surface area contributed by atoms with E-state index in [2.05, 4.69) is 4.72 Å². The third-order valence-electron chi connectivity index (χ3n) is 2.73. The number of hydrogen-bond acceptors (Lipinski definition) is 3. The number of aromatic carboxylic acids is 1. The number of aryl methyl sites for hydroxylation is 1. The highest BCUT2D eigenvalue weighted by Crippen LogP contribution is 2.19. The fourth-order valence-electron chi connectivity index (χ4n) is 1.70. The van der Waals surface area contributed by atoms with E-state index in [-0.39, 0.29) is 16.1 Å². The first kappa shape index (κ1) is 15.0. The zero-order chi connectivity index (χ0) is 15.6. The van der Waals surface area contributed by atoms with Crippen LogP contribution >= 0.6 is 0 Å². The van der Waals surface area contributed by atoms with Gasteiger partial charge in [0.15, 0.2) is 0 Å². The molecule has 0 atom stereocenters. The number of anilines is 1. The van der Waals surface area contributed by atoms with Crippen LogP contribution in [0.3, 0.4) is 0 Å². The third-order valence-corrected chi connectivity index (χ3v) is 4.13. The number of nitrogens with one attached hydrogen (secondary N) is 1. The number of halogens is 1. The van der Waals surface area contributed by atoms with Crippen LogP contribution in [0, 0.1) is 12.7 Å². The van der Waals surface area contributed by atoms with Crippen LogP contribution in [-0.4, -0.2) is 19.5 Å². The van der Waals surface area contributed by atoms with Crippen molar-refractivity contribution in [2.75, 3.05) is 4.72 Å². The van der Waals surface area contributed by atoms with E-state index < -0.39 is 21.8 Å². The normalized spacial score (nSPS) is 11.1. The van der Waals surface area contributed by atoms with Crippen LogP contribution < -0.4 is 4.72 Å². The van der Waals surface area contributed by atoms with Gasteiger partial charge in [-0.15, -0.1) is 0 Å². The van der Waals surface area contributed by atoms with Crippen molar-refractivity contribution in [3.63, 3.8) is 0 Å². The molecule has 7 heteroatoms. The maximum absolute atomic E-state index is 13.3. The monoisotopic (exact) mass is 309 g/mol. The van der Waals surface area contributed by atoms with E-state index in [0.717, 1.165) is 23.8 Å².